The van der Waals surface area contributed by atoms with E-state index in [-0.39, 0.29) is 12.5 Å². The maximum Gasteiger partial charge on any atom is 0.267 e. The number of anilines is 1. The molecule has 0 saturated carbocycles. The van der Waals surface area contributed by atoms with Crippen molar-refractivity contribution in [3.8, 4) is 5.75 Å². The normalized spacial score (nSPS) is 17.2. The van der Waals surface area contributed by atoms with Crippen molar-refractivity contribution >= 4 is 58.2 Å². The van der Waals surface area contributed by atoms with Gasteiger partial charge in [0, 0.05) is 66.3 Å². The lowest BCUT2D eigenvalue weighted by Gasteiger charge is -2.30. The largest absolute Gasteiger partial charge is 0.483 e. The van der Waals surface area contributed by atoms with E-state index in [1.807, 2.05) is 35.7 Å². The maximum atomic E-state index is 13.2. The number of nitrogens with zero attached hydrogens (tertiary/aromatic N) is 1. The summed E-state index contributed by atoms with van der Waals surface area (Å²) in [4.78, 5) is 21.9. The Bertz CT molecular complexity index is 1460. The van der Waals surface area contributed by atoms with Crippen LogP contribution < -0.4 is 15.8 Å². The molecule has 1 aromatic carbocycles. The van der Waals surface area contributed by atoms with Gasteiger partial charge < -0.3 is 35.8 Å². The molecule has 1 aliphatic carbocycles. The monoisotopic (exact) mass is 611 g/mol. The zero-order valence-corrected chi connectivity index (χ0v) is 25.4. The first-order chi connectivity index (χ1) is 20.0. The molecule has 0 spiro atoms. The Morgan fingerprint density at radius 3 is 2.88 bits per heavy atom. The lowest BCUT2D eigenvalue weighted by Crippen LogP contribution is -2.42. The van der Waals surface area contributed by atoms with Gasteiger partial charge >= 0.3 is 0 Å². The number of hydrogen-bond acceptors (Lipinski definition) is 8. The second kappa shape index (κ2) is 14.5. The van der Waals surface area contributed by atoms with E-state index in [9.17, 15) is 9.90 Å². The lowest BCUT2D eigenvalue weighted by molar-refractivity contribution is 0.0948. The van der Waals surface area contributed by atoms with Crippen molar-refractivity contribution < 1.29 is 14.6 Å². The molecule has 1 saturated heterocycles. The number of nitrogen functional groups attached to an aromatic ring is 1. The fourth-order valence-corrected chi connectivity index (χ4v) is 7.41. The molecule has 2 aromatic heterocycles. The number of aromatic amines is 2. The molecule has 1 fully saturated rings. The van der Waals surface area contributed by atoms with E-state index in [0.29, 0.717) is 39.1 Å². The topological polar surface area (TPSA) is 119 Å². The molecule has 2 atom stereocenters. The number of nitrogens with one attached hydrogen (secondary N) is 3. The highest BCUT2D eigenvalue weighted by atomic mass is 32.2. The van der Waals surface area contributed by atoms with Gasteiger partial charge in [-0.05, 0) is 42.7 Å². The van der Waals surface area contributed by atoms with Gasteiger partial charge in [-0.15, -0.1) is 0 Å². The second-order valence-electron chi connectivity index (χ2n) is 10.3. The molecule has 3 aromatic rings. The van der Waals surface area contributed by atoms with Crippen LogP contribution in [0.2, 0.25) is 0 Å². The molecular weight excluding hydrogens is 575 g/mol. The van der Waals surface area contributed by atoms with E-state index < -0.39 is 6.10 Å². The molecule has 218 valence electrons. The number of carbonyl (C=O) groups is 1. The van der Waals surface area contributed by atoms with Gasteiger partial charge in [-0.2, -0.15) is 23.5 Å². The predicted molar refractivity (Wildman–Crippen MR) is 174 cm³/mol. The summed E-state index contributed by atoms with van der Waals surface area (Å²) in [5.41, 5.74) is 10.2. The molecule has 41 heavy (non-hydrogen) atoms. The number of H-pyrrole nitrogens is 2. The van der Waals surface area contributed by atoms with Gasteiger partial charge in [0.15, 0.2) is 0 Å². The second-order valence-corrected chi connectivity index (χ2v) is 13.2. The van der Waals surface area contributed by atoms with Crippen molar-refractivity contribution in [1.29, 1.82) is 0 Å². The summed E-state index contributed by atoms with van der Waals surface area (Å²) in [6, 6.07) is 8.89. The quantitative estimate of drug-likeness (QED) is 0.142. The number of amides is 1. The Kier molecular flexibility index (Phi) is 10.5. The highest BCUT2D eigenvalue weighted by Crippen LogP contribution is 2.31. The Balaban J connectivity index is 1.25. The van der Waals surface area contributed by atoms with Crippen LogP contribution in [0.4, 0.5) is 5.69 Å². The fourth-order valence-electron chi connectivity index (χ4n) is 5.02. The third kappa shape index (κ3) is 8.20. The molecule has 5 rings (SSSR count). The number of aliphatic hydroxyl groups excluding tert-OH is 1. The van der Waals surface area contributed by atoms with E-state index in [4.69, 9.17) is 22.7 Å². The molecule has 1 aliphatic heterocycles. The van der Waals surface area contributed by atoms with Gasteiger partial charge in [0.25, 0.3) is 5.91 Å². The SMILES string of the molecule is Nc1cc(OC(CO)c2cc[nH]c(=S)c2)cc2cc(C(=O)NCC(CN3CCSCC3)SCC3=CC=CCC3)[nH]c12. The fraction of sp³-hybridized carbons (Fsp3) is 0.400. The Hall–Kier alpha value is -2.70. The Morgan fingerprint density at radius 1 is 1.27 bits per heavy atom. The first kappa shape index (κ1) is 29.8. The molecule has 6 N–H and O–H groups in total. The number of fused-ring (bicyclic) bond motifs is 1. The molecule has 11 heteroatoms. The van der Waals surface area contributed by atoms with Crippen molar-refractivity contribution in [3.63, 3.8) is 0 Å². The van der Waals surface area contributed by atoms with Gasteiger partial charge in [0.2, 0.25) is 0 Å². The van der Waals surface area contributed by atoms with Crippen molar-refractivity contribution in [2.24, 2.45) is 0 Å². The lowest BCUT2D eigenvalue weighted by atomic mass is 10.1. The highest BCUT2D eigenvalue weighted by molar-refractivity contribution is 8.00. The summed E-state index contributed by atoms with van der Waals surface area (Å²) < 4.78 is 6.62. The van der Waals surface area contributed by atoms with E-state index in [1.54, 1.807) is 24.4 Å². The number of pyridine rings is 1. The number of nitrogens with two attached hydrogens (primary N) is 1. The number of hydrogen-bond donors (Lipinski definition) is 5. The zero-order valence-electron chi connectivity index (χ0n) is 22.9. The predicted octanol–water partition coefficient (Wildman–Crippen LogP) is 5.08. The number of ether oxygens (including phenoxy) is 1. The van der Waals surface area contributed by atoms with Crippen LogP contribution in [-0.2, 0) is 0 Å². The van der Waals surface area contributed by atoms with Crippen molar-refractivity contribution in [2.75, 3.05) is 55.8 Å². The van der Waals surface area contributed by atoms with Crippen LogP contribution in [0.15, 0.2) is 60.3 Å². The molecule has 2 aliphatic rings. The minimum Gasteiger partial charge on any atom is -0.483 e. The highest BCUT2D eigenvalue weighted by Gasteiger charge is 2.20. The number of aromatic nitrogens is 2. The molecule has 2 unspecified atom stereocenters. The third-order valence-corrected chi connectivity index (χ3v) is 9.76. The number of benzene rings is 1. The summed E-state index contributed by atoms with van der Waals surface area (Å²) in [6.45, 7) is 3.53. The van der Waals surface area contributed by atoms with Crippen molar-refractivity contribution in [3.05, 3.63) is 76.2 Å². The maximum absolute atomic E-state index is 13.2. The summed E-state index contributed by atoms with van der Waals surface area (Å²) in [5, 5.41) is 14.2. The summed E-state index contributed by atoms with van der Waals surface area (Å²) in [5.74, 6) is 3.67. The number of aliphatic hydroxyl groups is 1. The van der Waals surface area contributed by atoms with E-state index in [2.05, 4.69) is 38.4 Å². The molecular formula is C30H37N5O3S3. The Labute approximate surface area is 254 Å². The van der Waals surface area contributed by atoms with Crippen molar-refractivity contribution in [2.45, 2.75) is 24.2 Å². The molecule has 8 nitrogen and oxygen atoms in total. The minimum absolute atomic E-state index is 0.158. The molecule has 1 amide bonds. The van der Waals surface area contributed by atoms with E-state index in [0.717, 1.165) is 49.2 Å². The number of allylic oxidation sites excluding steroid dienone is 3. The third-order valence-electron chi connectivity index (χ3n) is 7.25. The van der Waals surface area contributed by atoms with Crippen LogP contribution >= 0.6 is 35.7 Å². The smallest absolute Gasteiger partial charge is 0.267 e. The van der Waals surface area contributed by atoms with Crippen LogP contribution in [0.3, 0.4) is 0 Å². The molecule has 0 radical (unpaired) electrons. The number of carbonyl (C=O) groups excluding carboxylic acids is 1. The zero-order chi connectivity index (χ0) is 28.6. The average Bonchev–Trinajstić information content (AvgIpc) is 3.43. The van der Waals surface area contributed by atoms with Crippen molar-refractivity contribution in [1.82, 2.24) is 20.2 Å². The van der Waals surface area contributed by atoms with Gasteiger partial charge in [-0.1, -0.05) is 36.0 Å². The number of rotatable bonds is 12. The summed E-state index contributed by atoms with van der Waals surface area (Å²) in [7, 11) is 0. The first-order valence-corrected chi connectivity index (χ1v) is 16.5. The molecule has 3 heterocycles. The van der Waals surface area contributed by atoms with Crippen LogP contribution in [0.25, 0.3) is 10.9 Å². The summed E-state index contributed by atoms with van der Waals surface area (Å²) in [6.07, 6.45) is 9.93. The molecule has 0 bridgehead atoms. The van der Waals surface area contributed by atoms with Gasteiger partial charge in [-0.25, -0.2) is 0 Å². The van der Waals surface area contributed by atoms with Crippen LogP contribution in [0.1, 0.15) is 35.0 Å². The van der Waals surface area contributed by atoms with Gasteiger partial charge in [0.1, 0.15) is 22.2 Å². The average molecular weight is 612 g/mol. The van der Waals surface area contributed by atoms with Crippen LogP contribution in [0, 0.1) is 4.64 Å². The van der Waals surface area contributed by atoms with Crippen LogP contribution in [-0.4, -0.2) is 81.2 Å². The van der Waals surface area contributed by atoms with E-state index in [1.165, 1.54) is 17.1 Å². The number of thioether (sulfide) groups is 2. The van der Waals surface area contributed by atoms with Gasteiger partial charge in [0.05, 0.1) is 17.8 Å². The van der Waals surface area contributed by atoms with Crippen LogP contribution in [0.5, 0.6) is 5.75 Å². The summed E-state index contributed by atoms with van der Waals surface area (Å²) >= 11 is 9.14. The first-order valence-electron chi connectivity index (χ1n) is 13.9. The van der Waals surface area contributed by atoms with E-state index >= 15 is 0 Å². The van der Waals surface area contributed by atoms with Gasteiger partial charge in [-0.3, -0.25) is 4.79 Å². The Morgan fingerprint density at radius 2 is 2.12 bits per heavy atom. The minimum atomic E-state index is -0.599. The standard InChI is InChI=1S/C30H37N5O3S3/c31-25-15-23(38-27(18-36)21-6-7-32-28(39)14-21)12-22-13-26(34-29(22)25)30(37)33-16-24(17-35-8-10-40-11-9-35)41-19-20-4-2-1-3-5-20/h1-2,4,6-7,12-15,24,27,34,36H,3,5,8-11,16-19,31H2,(H,32,39)(H,33,37).